The molecule has 2 aromatic rings. The van der Waals surface area contributed by atoms with E-state index in [9.17, 15) is 4.79 Å². The fourth-order valence-corrected chi connectivity index (χ4v) is 1.55. The van der Waals surface area contributed by atoms with Crippen molar-refractivity contribution in [3.05, 3.63) is 52.7 Å². The number of hydrogen-bond acceptors (Lipinski definition) is 2. The molecule has 0 aliphatic carbocycles. The molecule has 0 atom stereocenters. The van der Waals surface area contributed by atoms with Crippen molar-refractivity contribution in [2.24, 2.45) is 0 Å². The van der Waals surface area contributed by atoms with Gasteiger partial charge in [-0.2, -0.15) is 5.10 Å². The summed E-state index contributed by atoms with van der Waals surface area (Å²) in [6, 6.07) is 12.0. The van der Waals surface area contributed by atoms with Gasteiger partial charge in [-0.1, -0.05) is 36.4 Å². The molecule has 1 aromatic carbocycles. The Morgan fingerprint density at radius 1 is 1.13 bits per heavy atom. The molecule has 0 spiro atoms. The maximum absolute atomic E-state index is 10.8. The molecule has 0 fully saturated rings. The normalized spacial score (nSPS) is 12.8. The van der Waals surface area contributed by atoms with Crippen molar-refractivity contribution in [1.82, 2.24) is 14.8 Å². The maximum Gasteiger partial charge on any atom is 0.343 e. The van der Waals surface area contributed by atoms with Crippen LogP contribution in [0.4, 0.5) is 0 Å². The lowest BCUT2D eigenvalue weighted by Gasteiger charge is -1.85. The van der Waals surface area contributed by atoms with Gasteiger partial charge in [0.1, 0.15) is 5.82 Å². The predicted molar refractivity (Wildman–Crippen MR) is 57.6 cm³/mol. The summed E-state index contributed by atoms with van der Waals surface area (Å²) in [6.07, 6.45) is 2.00. The quantitative estimate of drug-likeness (QED) is 0.699. The number of H-pyrrole nitrogens is 1. The van der Waals surface area contributed by atoms with Crippen molar-refractivity contribution in [3.63, 3.8) is 0 Å². The molecule has 1 aliphatic heterocycles. The Morgan fingerprint density at radius 3 is 2.27 bits per heavy atom. The van der Waals surface area contributed by atoms with Gasteiger partial charge in [-0.15, -0.1) is 0 Å². The van der Waals surface area contributed by atoms with Crippen molar-refractivity contribution in [3.8, 4) is 0 Å². The standard InChI is InChI=1S/C6H6.C5H7N3O/c1-2-4-6-5-3-1;9-5-7-6-4-2-1-3-8(4)5/h1-6H;1-3H2,(H,7,9). The highest BCUT2D eigenvalue weighted by molar-refractivity contribution is 4.99. The zero-order valence-electron chi connectivity index (χ0n) is 8.39. The van der Waals surface area contributed by atoms with Gasteiger partial charge >= 0.3 is 5.69 Å². The third-order valence-electron chi connectivity index (χ3n) is 2.29. The van der Waals surface area contributed by atoms with Gasteiger partial charge in [0.05, 0.1) is 0 Å². The molecule has 0 saturated carbocycles. The number of aromatic amines is 1. The first kappa shape index (κ1) is 9.71. The van der Waals surface area contributed by atoms with Crippen LogP contribution >= 0.6 is 0 Å². The molecule has 15 heavy (non-hydrogen) atoms. The van der Waals surface area contributed by atoms with Crippen LogP contribution in [0.5, 0.6) is 0 Å². The van der Waals surface area contributed by atoms with Gasteiger partial charge < -0.3 is 0 Å². The largest absolute Gasteiger partial charge is 0.343 e. The van der Waals surface area contributed by atoms with Crippen LogP contribution in [0.25, 0.3) is 0 Å². The second kappa shape index (κ2) is 4.59. The van der Waals surface area contributed by atoms with Gasteiger partial charge in [0.25, 0.3) is 0 Å². The van der Waals surface area contributed by atoms with E-state index < -0.39 is 0 Å². The fraction of sp³-hybridized carbons (Fsp3) is 0.273. The van der Waals surface area contributed by atoms with Crippen molar-refractivity contribution < 1.29 is 0 Å². The van der Waals surface area contributed by atoms with Crippen LogP contribution in [-0.2, 0) is 13.0 Å². The molecule has 0 bridgehead atoms. The van der Waals surface area contributed by atoms with Crippen LogP contribution < -0.4 is 5.69 Å². The highest BCUT2D eigenvalue weighted by atomic mass is 16.1. The molecule has 0 unspecified atom stereocenters. The molecule has 1 aromatic heterocycles. The lowest BCUT2D eigenvalue weighted by atomic mass is 10.4. The van der Waals surface area contributed by atoms with Crippen molar-refractivity contribution in [2.75, 3.05) is 0 Å². The maximum atomic E-state index is 10.8. The zero-order valence-corrected chi connectivity index (χ0v) is 8.39. The van der Waals surface area contributed by atoms with Crippen LogP contribution in [0, 0.1) is 0 Å². The van der Waals surface area contributed by atoms with Gasteiger partial charge in [0, 0.05) is 13.0 Å². The molecule has 1 aliphatic rings. The van der Waals surface area contributed by atoms with E-state index in [-0.39, 0.29) is 5.69 Å². The highest BCUT2D eigenvalue weighted by Crippen LogP contribution is 2.05. The van der Waals surface area contributed by atoms with Crippen LogP contribution in [0.3, 0.4) is 0 Å². The molecular formula is C11H13N3O. The van der Waals surface area contributed by atoms with Gasteiger partial charge in [-0.3, -0.25) is 4.57 Å². The summed E-state index contributed by atoms with van der Waals surface area (Å²) in [5, 5.41) is 6.22. The molecule has 0 saturated heterocycles. The van der Waals surface area contributed by atoms with Crippen molar-refractivity contribution >= 4 is 0 Å². The first-order valence-electron chi connectivity index (χ1n) is 5.02. The summed E-state index contributed by atoms with van der Waals surface area (Å²) in [4.78, 5) is 10.8. The molecule has 78 valence electrons. The Labute approximate surface area is 87.6 Å². The molecule has 4 nitrogen and oxygen atoms in total. The molecule has 1 N–H and O–H groups in total. The van der Waals surface area contributed by atoms with Gasteiger partial charge in [-0.25, -0.2) is 9.89 Å². The second-order valence-corrected chi connectivity index (χ2v) is 3.35. The van der Waals surface area contributed by atoms with Gasteiger partial charge in [-0.05, 0) is 6.42 Å². The SMILES string of the molecule is O=c1[nH]nc2n1CCC2.c1ccccc1. The van der Waals surface area contributed by atoms with Crippen LogP contribution in [0.15, 0.2) is 41.2 Å². The number of fused-ring (bicyclic) bond motifs is 1. The number of rotatable bonds is 0. The van der Waals surface area contributed by atoms with Crippen molar-refractivity contribution in [2.45, 2.75) is 19.4 Å². The minimum absolute atomic E-state index is 0.0671. The Hall–Kier alpha value is -1.84. The van der Waals surface area contributed by atoms with Gasteiger partial charge in [0.15, 0.2) is 0 Å². The molecule has 0 radical (unpaired) electrons. The summed E-state index contributed by atoms with van der Waals surface area (Å²) in [5.74, 6) is 0.903. The minimum atomic E-state index is -0.0671. The number of benzene rings is 1. The number of hydrogen-bond donors (Lipinski definition) is 1. The van der Waals surface area contributed by atoms with E-state index in [0.29, 0.717) is 0 Å². The Balaban J connectivity index is 0.000000124. The summed E-state index contributed by atoms with van der Waals surface area (Å²) in [7, 11) is 0. The third-order valence-corrected chi connectivity index (χ3v) is 2.29. The molecule has 0 amide bonds. The monoisotopic (exact) mass is 203 g/mol. The smallest absolute Gasteiger partial charge is 0.279 e. The summed E-state index contributed by atoms with van der Waals surface area (Å²) in [6.45, 7) is 0.838. The van der Waals surface area contributed by atoms with Gasteiger partial charge in [0.2, 0.25) is 0 Å². The minimum Gasteiger partial charge on any atom is -0.279 e. The average Bonchev–Trinajstić information content (AvgIpc) is 2.88. The summed E-state index contributed by atoms with van der Waals surface area (Å²) >= 11 is 0. The van der Waals surface area contributed by atoms with E-state index in [0.717, 1.165) is 25.2 Å². The zero-order chi connectivity index (χ0) is 10.5. The fourth-order valence-electron chi connectivity index (χ4n) is 1.55. The Morgan fingerprint density at radius 2 is 1.73 bits per heavy atom. The van der Waals surface area contributed by atoms with Crippen LogP contribution in [0.2, 0.25) is 0 Å². The molecule has 3 rings (SSSR count). The lowest BCUT2D eigenvalue weighted by Crippen LogP contribution is -2.14. The van der Waals surface area contributed by atoms with Crippen LogP contribution in [0.1, 0.15) is 12.2 Å². The van der Waals surface area contributed by atoms with Crippen LogP contribution in [-0.4, -0.2) is 14.8 Å². The van der Waals surface area contributed by atoms with E-state index in [2.05, 4.69) is 10.2 Å². The molecule has 2 heterocycles. The third kappa shape index (κ3) is 2.34. The summed E-state index contributed by atoms with van der Waals surface area (Å²) < 4.78 is 1.68. The predicted octanol–water partition coefficient (Wildman–Crippen LogP) is 1.20. The van der Waals surface area contributed by atoms with Crippen molar-refractivity contribution in [1.29, 1.82) is 0 Å². The molecule has 4 heteroatoms. The van der Waals surface area contributed by atoms with E-state index in [1.807, 2.05) is 36.4 Å². The first-order valence-corrected chi connectivity index (χ1v) is 5.02. The highest BCUT2D eigenvalue weighted by Gasteiger charge is 2.13. The lowest BCUT2D eigenvalue weighted by molar-refractivity contribution is 0.714. The van der Waals surface area contributed by atoms with E-state index >= 15 is 0 Å². The van der Waals surface area contributed by atoms with E-state index in [1.54, 1.807) is 4.57 Å². The number of aromatic nitrogens is 3. The number of nitrogens with zero attached hydrogens (tertiary/aromatic N) is 2. The van der Waals surface area contributed by atoms with E-state index in [4.69, 9.17) is 0 Å². The topological polar surface area (TPSA) is 50.7 Å². The Kier molecular flexibility index (Phi) is 2.97. The Bertz CT molecular complexity index is 431. The first-order chi connectivity index (χ1) is 7.38. The average molecular weight is 203 g/mol. The molecular weight excluding hydrogens is 190 g/mol. The second-order valence-electron chi connectivity index (χ2n) is 3.35. The summed E-state index contributed by atoms with van der Waals surface area (Å²) in [5.41, 5.74) is -0.0671. The number of nitrogens with one attached hydrogen (secondary N) is 1. The van der Waals surface area contributed by atoms with E-state index in [1.165, 1.54) is 0 Å². The number of aryl methyl sites for hydroxylation is 1.